The van der Waals surface area contributed by atoms with Crippen LogP contribution in [0.4, 0.5) is 5.69 Å². The Hall–Kier alpha value is -2.13. The van der Waals surface area contributed by atoms with Gasteiger partial charge >= 0.3 is 5.97 Å². The maximum atomic E-state index is 11.0. The van der Waals surface area contributed by atoms with E-state index in [-0.39, 0.29) is 10.7 Å². The van der Waals surface area contributed by atoms with Crippen molar-refractivity contribution in [2.75, 3.05) is 0 Å². The van der Waals surface area contributed by atoms with Crippen LogP contribution in [0.25, 0.3) is 0 Å². The number of carboxylic acid groups (broad SMARTS) is 1. The van der Waals surface area contributed by atoms with E-state index in [0.29, 0.717) is 5.69 Å². The first-order chi connectivity index (χ1) is 8.68. The molecular formula is C14H10ClNO2. The number of benzene rings is 2. The Bertz CT molecular complexity index is 594. The van der Waals surface area contributed by atoms with Crippen LogP contribution in [0.2, 0.25) is 0 Å². The number of aliphatic imine (C=N–C) groups is 1. The van der Waals surface area contributed by atoms with Crippen LogP contribution < -0.4 is 0 Å². The van der Waals surface area contributed by atoms with Crippen molar-refractivity contribution in [1.82, 2.24) is 0 Å². The number of halogens is 1. The van der Waals surface area contributed by atoms with Gasteiger partial charge in [-0.15, -0.1) is 0 Å². The molecule has 0 amide bonds. The fraction of sp³-hybridized carbons (Fsp3) is 0. The van der Waals surface area contributed by atoms with Crippen molar-refractivity contribution in [3.63, 3.8) is 0 Å². The van der Waals surface area contributed by atoms with Gasteiger partial charge in [-0.2, -0.15) is 0 Å². The smallest absolute Gasteiger partial charge is 0.337 e. The van der Waals surface area contributed by atoms with Crippen LogP contribution >= 0.6 is 11.6 Å². The maximum Gasteiger partial charge on any atom is 0.337 e. The number of carbonyl (C=O) groups is 1. The molecule has 2 aromatic carbocycles. The fourth-order valence-electron chi connectivity index (χ4n) is 1.50. The Kier molecular flexibility index (Phi) is 3.75. The Morgan fingerprint density at radius 3 is 2.28 bits per heavy atom. The van der Waals surface area contributed by atoms with E-state index in [1.165, 1.54) is 6.07 Å². The lowest BCUT2D eigenvalue weighted by Gasteiger charge is -2.02. The van der Waals surface area contributed by atoms with Gasteiger partial charge in [-0.1, -0.05) is 54.1 Å². The molecule has 2 aromatic rings. The van der Waals surface area contributed by atoms with Crippen molar-refractivity contribution in [1.29, 1.82) is 0 Å². The zero-order chi connectivity index (χ0) is 13.0. The number of para-hydroxylation sites is 1. The molecule has 0 fully saturated rings. The Morgan fingerprint density at radius 1 is 1.00 bits per heavy atom. The third-order valence-corrected chi connectivity index (χ3v) is 2.67. The van der Waals surface area contributed by atoms with Gasteiger partial charge in [0, 0.05) is 5.56 Å². The monoisotopic (exact) mass is 259 g/mol. The summed E-state index contributed by atoms with van der Waals surface area (Å²) in [6, 6.07) is 15.7. The summed E-state index contributed by atoms with van der Waals surface area (Å²) in [5.74, 6) is -1.02. The average molecular weight is 260 g/mol. The normalized spacial score (nSPS) is 11.3. The van der Waals surface area contributed by atoms with Gasteiger partial charge < -0.3 is 5.11 Å². The van der Waals surface area contributed by atoms with Crippen LogP contribution in [0, 0.1) is 0 Å². The minimum atomic E-state index is -1.02. The van der Waals surface area contributed by atoms with Crippen molar-refractivity contribution in [2.24, 2.45) is 4.99 Å². The van der Waals surface area contributed by atoms with Crippen molar-refractivity contribution < 1.29 is 9.90 Å². The summed E-state index contributed by atoms with van der Waals surface area (Å²) in [5.41, 5.74) is 1.23. The second-order valence-corrected chi connectivity index (χ2v) is 3.95. The summed E-state index contributed by atoms with van der Waals surface area (Å²) in [4.78, 5) is 15.2. The zero-order valence-corrected chi connectivity index (χ0v) is 10.1. The van der Waals surface area contributed by atoms with E-state index < -0.39 is 5.97 Å². The van der Waals surface area contributed by atoms with Crippen molar-refractivity contribution in [2.45, 2.75) is 0 Å². The molecular weight excluding hydrogens is 250 g/mol. The summed E-state index contributed by atoms with van der Waals surface area (Å²) < 4.78 is 0. The Morgan fingerprint density at radius 2 is 1.61 bits per heavy atom. The fourth-order valence-corrected chi connectivity index (χ4v) is 1.72. The molecule has 0 heterocycles. The molecule has 90 valence electrons. The lowest BCUT2D eigenvalue weighted by Crippen LogP contribution is -1.97. The first-order valence-electron chi connectivity index (χ1n) is 5.30. The SMILES string of the molecule is O=C(O)c1ccccc1N=C(Cl)c1ccccc1. The molecule has 0 aliphatic carbocycles. The highest BCUT2D eigenvalue weighted by molar-refractivity contribution is 6.69. The second-order valence-electron chi connectivity index (χ2n) is 3.59. The standard InChI is InChI=1S/C14H10ClNO2/c15-13(10-6-2-1-3-7-10)16-12-9-5-4-8-11(12)14(17)18/h1-9H,(H,17,18). The van der Waals surface area contributed by atoms with Crippen molar-refractivity contribution in [3.8, 4) is 0 Å². The Labute approximate surface area is 109 Å². The first kappa shape index (κ1) is 12.3. The molecule has 0 bridgehead atoms. The van der Waals surface area contributed by atoms with E-state index in [1.807, 2.05) is 30.3 Å². The van der Waals surface area contributed by atoms with Gasteiger partial charge in [0.2, 0.25) is 0 Å². The van der Waals surface area contributed by atoms with Crippen LogP contribution in [0.3, 0.4) is 0 Å². The highest BCUT2D eigenvalue weighted by Crippen LogP contribution is 2.21. The molecule has 0 saturated carbocycles. The minimum Gasteiger partial charge on any atom is -0.478 e. The molecule has 2 rings (SSSR count). The van der Waals surface area contributed by atoms with E-state index in [1.54, 1.807) is 18.2 Å². The quantitative estimate of drug-likeness (QED) is 0.855. The number of hydrogen-bond acceptors (Lipinski definition) is 2. The van der Waals surface area contributed by atoms with Crippen LogP contribution in [-0.4, -0.2) is 16.2 Å². The molecule has 0 unspecified atom stereocenters. The summed E-state index contributed by atoms with van der Waals surface area (Å²) in [6.07, 6.45) is 0. The van der Waals surface area contributed by atoms with Crippen molar-refractivity contribution in [3.05, 3.63) is 65.7 Å². The number of carboxylic acids is 1. The highest BCUT2D eigenvalue weighted by Gasteiger charge is 2.09. The molecule has 0 atom stereocenters. The number of rotatable bonds is 3. The van der Waals surface area contributed by atoms with Crippen LogP contribution in [-0.2, 0) is 0 Å². The largest absolute Gasteiger partial charge is 0.478 e. The third-order valence-electron chi connectivity index (χ3n) is 2.37. The van der Waals surface area contributed by atoms with Crippen molar-refractivity contribution >= 4 is 28.4 Å². The third kappa shape index (κ3) is 2.76. The van der Waals surface area contributed by atoms with Crippen LogP contribution in [0.15, 0.2) is 59.6 Å². The lowest BCUT2D eigenvalue weighted by molar-refractivity contribution is 0.0698. The molecule has 0 saturated heterocycles. The number of hydrogen-bond donors (Lipinski definition) is 1. The molecule has 4 heteroatoms. The van der Waals surface area contributed by atoms with Crippen LogP contribution in [0.5, 0.6) is 0 Å². The molecule has 1 N–H and O–H groups in total. The van der Waals surface area contributed by atoms with Gasteiger partial charge in [-0.3, -0.25) is 0 Å². The summed E-state index contributed by atoms with van der Waals surface area (Å²) in [6.45, 7) is 0. The average Bonchev–Trinajstić information content (AvgIpc) is 2.40. The summed E-state index contributed by atoms with van der Waals surface area (Å²) in [5, 5.41) is 9.30. The predicted octanol–water partition coefficient (Wildman–Crippen LogP) is 3.70. The van der Waals surface area contributed by atoms with Gasteiger partial charge in [-0.25, -0.2) is 9.79 Å². The van der Waals surface area contributed by atoms with E-state index in [4.69, 9.17) is 16.7 Å². The highest BCUT2D eigenvalue weighted by atomic mass is 35.5. The van der Waals surface area contributed by atoms with Crippen LogP contribution in [0.1, 0.15) is 15.9 Å². The van der Waals surface area contributed by atoms with E-state index in [0.717, 1.165) is 5.56 Å². The summed E-state index contributed by atoms with van der Waals surface area (Å²) >= 11 is 6.07. The molecule has 0 aliphatic heterocycles. The predicted molar refractivity (Wildman–Crippen MR) is 71.9 cm³/mol. The molecule has 18 heavy (non-hydrogen) atoms. The Balaban J connectivity index is 2.42. The van der Waals surface area contributed by atoms with Gasteiger partial charge in [0.1, 0.15) is 5.17 Å². The summed E-state index contributed by atoms with van der Waals surface area (Å²) in [7, 11) is 0. The van der Waals surface area contributed by atoms with Gasteiger partial charge in [0.05, 0.1) is 11.3 Å². The zero-order valence-electron chi connectivity index (χ0n) is 9.38. The van der Waals surface area contributed by atoms with E-state index >= 15 is 0 Å². The first-order valence-corrected chi connectivity index (χ1v) is 5.68. The van der Waals surface area contributed by atoms with Gasteiger partial charge in [-0.05, 0) is 12.1 Å². The number of nitrogens with zero attached hydrogens (tertiary/aromatic N) is 1. The molecule has 3 nitrogen and oxygen atoms in total. The topological polar surface area (TPSA) is 49.7 Å². The van der Waals surface area contributed by atoms with E-state index in [9.17, 15) is 4.79 Å². The molecule has 0 aromatic heterocycles. The lowest BCUT2D eigenvalue weighted by atomic mass is 10.2. The maximum absolute atomic E-state index is 11.0. The number of aromatic carboxylic acids is 1. The van der Waals surface area contributed by atoms with Gasteiger partial charge in [0.25, 0.3) is 0 Å². The minimum absolute atomic E-state index is 0.131. The van der Waals surface area contributed by atoms with E-state index in [2.05, 4.69) is 4.99 Å². The second kappa shape index (κ2) is 5.47. The van der Waals surface area contributed by atoms with Gasteiger partial charge in [0.15, 0.2) is 0 Å². The molecule has 0 aliphatic rings. The molecule has 0 radical (unpaired) electrons. The molecule has 0 spiro atoms.